The number of rotatable bonds is 8. The van der Waals surface area contributed by atoms with Crippen LogP contribution in [0, 0.1) is 0 Å². The molecule has 6 heterocycles. The fraction of sp³-hybridized carbons (Fsp3) is 0.500. The zero-order valence-electron chi connectivity index (χ0n) is 20.7. The number of nitrogens with one attached hydrogen (secondary N) is 1. The number of aliphatic hydroxyl groups excluding tert-OH is 4. The first kappa shape index (κ1) is 27.7. The highest BCUT2D eigenvalue weighted by Crippen LogP contribution is 2.49. The van der Waals surface area contributed by atoms with Crippen molar-refractivity contribution in [1.82, 2.24) is 39.0 Å². The van der Waals surface area contributed by atoms with Gasteiger partial charge in [0.15, 0.2) is 47.7 Å². The van der Waals surface area contributed by atoms with Crippen molar-refractivity contribution in [2.45, 2.75) is 49.3 Å². The van der Waals surface area contributed by atoms with E-state index in [1.807, 2.05) is 0 Å². The molecule has 0 aliphatic carbocycles. The van der Waals surface area contributed by atoms with Crippen LogP contribution in [0.1, 0.15) is 12.5 Å². The number of aromatic amines is 1. The van der Waals surface area contributed by atoms with E-state index in [0.717, 1.165) is 6.33 Å². The highest BCUT2D eigenvalue weighted by Gasteiger charge is 2.50. The maximum absolute atomic E-state index is 13.0. The SMILES string of the molecule is Nc1ncnc2c1ncn2[C@@H]1O[C@H](OCP(=O)(O)OC2C(O)[C@@H](CO)O[C@H]2n2cnc3c(=O)[nH]cnc32)C(O)C1O. The fourth-order valence-corrected chi connectivity index (χ4v) is 5.70. The normalized spacial score (nSPS) is 31.7. The van der Waals surface area contributed by atoms with Gasteiger partial charge in [-0.1, -0.05) is 0 Å². The third-order valence-electron chi connectivity index (χ3n) is 6.68. The average molecular weight is 597 g/mol. The molecule has 0 amide bonds. The highest BCUT2D eigenvalue weighted by atomic mass is 31.2. The summed E-state index contributed by atoms with van der Waals surface area (Å²) in [6.45, 7) is -0.661. The molecule has 220 valence electrons. The first-order valence-corrected chi connectivity index (χ1v) is 13.8. The van der Waals surface area contributed by atoms with Crippen LogP contribution >= 0.6 is 7.60 Å². The van der Waals surface area contributed by atoms with Gasteiger partial charge in [-0.2, -0.15) is 0 Å². The smallest absolute Gasteiger partial charge is 0.354 e. The molecule has 8 N–H and O–H groups in total. The van der Waals surface area contributed by atoms with Gasteiger partial charge in [0.05, 0.1) is 25.6 Å². The highest BCUT2D eigenvalue weighted by molar-refractivity contribution is 7.52. The van der Waals surface area contributed by atoms with E-state index >= 15 is 0 Å². The Balaban J connectivity index is 1.18. The van der Waals surface area contributed by atoms with Crippen LogP contribution in [0.4, 0.5) is 5.82 Å². The van der Waals surface area contributed by atoms with Gasteiger partial charge in [0.25, 0.3) is 5.56 Å². The summed E-state index contributed by atoms with van der Waals surface area (Å²) >= 11 is 0. The van der Waals surface area contributed by atoms with Gasteiger partial charge in [0.2, 0.25) is 0 Å². The van der Waals surface area contributed by atoms with E-state index in [-0.39, 0.29) is 28.1 Å². The summed E-state index contributed by atoms with van der Waals surface area (Å²) in [5.74, 6) is 0.0825. The lowest BCUT2D eigenvalue weighted by molar-refractivity contribution is -0.168. The molecule has 5 unspecified atom stereocenters. The number of fused-ring (bicyclic) bond motifs is 2. The largest absolute Gasteiger partial charge is 0.394 e. The van der Waals surface area contributed by atoms with Crippen LogP contribution in [0.2, 0.25) is 0 Å². The van der Waals surface area contributed by atoms with Crippen LogP contribution < -0.4 is 11.3 Å². The fourth-order valence-electron chi connectivity index (χ4n) is 4.70. The molecule has 9 atom stereocenters. The summed E-state index contributed by atoms with van der Waals surface area (Å²) in [6.07, 6.45) is -8.07. The standard InChI is InChI=1S/C20H24N9O11P/c21-14-8-15(23-2-22-14)28(4-26-8)18-11(32)12(33)20(39-18)37-6-41(35,36)40-13-10(31)7(1-30)38-19(13)29-5-27-9-16(29)24-3-25-17(9)34/h2-5,7,10-13,18-20,30-33H,1,6H2,(H,35,36)(H2,21,22,23)(H,24,25,34)/t7-,10?,11?,12?,13?,18-,19-,20+/m1/s1. The Morgan fingerprint density at radius 2 is 1.68 bits per heavy atom. The Morgan fingerprint density at radius 1 is 0.976 bits per heavy atom. The molecule has 2 saturated heterocycles. The van der Waals surface area contributed by atoms with Gasteiger partial charge in [-0.05, 0) is 0 Å². The number of ether oxygens (including phenoxy) is 3. The van der Waals surface area contributed by atoms with E-state index in [1.54, 1.807) is 0 Å². The number of nitrogens with zero attached hydrogens (tertiary/aromatic N) is 7. The molecule has 0 bridgehead atoms. The summed E-state index contributed by atoms with van der Waals surface area (Å²) < 4.78 is 37.4. The molecule has 41 heavy (non-hydrogen) atoms. The van der Waals surface area contributed by atoms with Crippen LogP contribution in [0.5, 0.6) is 0 Å². The van der Waals surface area contributed by atoms with Crippen molar-refractivity contribution in [3.63, 3.8) is 0 Å². The number of nitrogens with two attached hydrogens (primary N) is 1. The van der Waals surface area contributed by atoms with Crippen molar-refractivity contribution in [3.05, 3.63) is 35.7 Å². The summed E-state index contributed by atoms with van der Waals surface area (Å²) in [5.41, 5.74) is 5.63. The Hall–Kier alpha value is -3.43. The molecule has 21 heteroatoms. The van der Waals surface area contributed by atoms with Crippen molar-refractivity contribution in [2.75, 3.05) is 18.7 Å². The van der Waals surface area contributed by atoms with Crippen molar-refractivity contribution in [1.29, 1.82) is 0 Å². The molecule has 0 radical (unpaired) electrons. The Labute approximate surface area is 227 Å². The lowest BCUT2D eigenvalue weighted by Crippen LogP contribution is -2.36. The van der Waals surface area contributed by atoms with Crippen molar-refractivity contribution in [2.24, 2.45) is 0 Å². The second-order valence-electron chi connectivity index (χ2n) is 9.26. The molecule has 0 saturated carbocycles. The third kappa shape index (κ3) is 4.78. The first-order valence-electron chi connectivity index (χ1n) is 12.0. The summed E-state index contributed by atoms with van der Waals surface area (Å²) in [6, 6.07) is 0. The number of H-pyrrole nitrogens is 1. The molecule has 4 aromatic rings. The van der Waals surface area contributed by atoms with Gasteiger partial charge < -0.3 is 50.2 Å². The van der Waals surface area contributed by atoms with E-state index in [1.165, 1.54) is 28.1 Å². The van der Waals surface area contributed by atoms with Gasteiger partial charge in [-0.3, -0.25) is 23.0 Å². The third-order valence-corrected chi connectivity index (χ3v) is 7.72. The number of anilines is 1. The summed E-state index contributed by atoms with van der Waals surface area (Å²) in [5, 5.41) is 41.4. The second-order valence-corrected chi connectivity index (χ2v) is 11.0. The molecular formula is C20H24N9O11P. The minimum atomic E-state index is -4.74. The molecule has 2 fully saturated rings. The molecule has 0 spiro atoms. The number of aromatic nitrogens is 8. The van der Waals surface area contributed by atoms with E-state index in [4.69, 9.17) is 24.5 Å². The van der Waals surface area contributed by atoms with Gasteiger partial charge in [-0.15, -0.1) is 0 Å². The molecular weight excluding hydrogens is 573 g/mol. The minimum Gasteiger partial charge on any atom is -0.394 e. The maximum atomic E-state index is 13.0. The Morgan fingerprint density at radius 3 is 2.44 bits per heavy atom. The second kappa shape index (κ2) is 10.4. The van der Waals surface area contributed by atoms with Crippen LogP contribution in [0.25, 0.3) is 22.3 Å². The quantitative estimate of drug-likeness (QED) is 0.0990. The number of hydrogen-bond acceptors (Lipinski definition) is 16. The van der Waals surface area contributed by atoms with Crippen LogP contribution in [-0.2, 0) is 23.3 Å². The number of hydrogen-bond donors (Lipinski definition) is 7. The molecule has 20 nitrogen and oxygen atoms in total. The van der Waals surface area contributed by atoms with Gasteiger partial charge in [-0.25, -0.2) is 24.9 Å². The average Bonchev–Trinajstić information content (AvgIpc) is 3.70. The molecule has 0 aromatic carbocycles. The van der Waals surface area contributed by atoms with Gasteiger partial charge in [0.1, 0.15) is 42.4 Å². The zero-order valence-corrected chi connectivity index (χ0v) is 21.6. The number of nitrogen functional groups attached to an aromatic ring is 1. The van der Waals surface area contributed by atoms with Crippen LogP contribution in [0.3, 0.4) is 0 Å². The Kier molecular flexibility index (Phi) is 7.06. The lowest BCUT2D eigenvalue weighted by atomic mass is 10.1. The van der Waals surface area contributed by atoms with E-state index in [9.17, 15) is 34.7 Å². The predicted molar refractivity (Wildman–Crippen MR) is 131 cm³/mol. The van der Waals surface area contributed by atoms with Crippen LogP contribution in [-0.4, -0.2) is 114 Å². The molecule has 6 rings (SSSR count). The van der Waals surface area contributed by atoms with Crippen molar-refractivity contribution < 1.29 is 48.6 Å². The van der Waals surface area contributed by atoms with Crippen molar-refractivity contribution >= 4 is 35.7 Å². The lowest BCUT2D eigenvalue weighted by Gasteiger charge is -2.25. The summed E-state index contributed by atoms with van der Waals surface area (Å²) in [4.78, 5) is 44.9. The Bertz CT molecular complexity index is 1680. The van der Waals surface area contributed by atoms with E-state index in [0.29, 0.717) is 0 Å². The predicted octanol–water partition coefficient (Wildman–Crippen LogP) is -3.09. The zero-order chi connectivity index (χ0) is 29.1. The monoisotopic (exact) mass is 597 g/mol. The van der Waals surface area contributed by atoms with Crippen molar-refractivity contribution in [3.8, 4) is 0 Å². The van der Waals surface area contributed by atoms with Crippen LogP contribution in [0.15, 0.2) is 30.1 Å². The van der Waals surface area contributed by atoms with E-state index < -0.39 is 75.4 Å². The van der Waals surface area contributed by atoms with E-state index in [2.05, 4.69) is 29.9 Å². The van der Waals surface area contributed by atoms with Gasteiger partial charge in [0, 0.05) is 0 Å². The summed E-state index contributed by atoms with van der Waals surface area (Å²) in [7, 11) is -4.74. The molecule has 4 aromatic heterocycles. The minimum absolute atomic E-state index is 0.0312. The number of imidazole rings is 2. The topological polar surface area (TPSA) is 288 Å². The first-order chi connectivity index (χ1) is 19.6. The number of aliphatic hydroxyl groups is 4. The molecule has 2 aliphatic rings. The van der Waals surface area contributed by atoms with Gasteiger partial charge >= 0.3 is 7.60 Å². The molecule has 2 aliphatic heterocycles. The maximum Gasteiger partial charge on any atom is 0.354 e.